The van der Waals surface area contributed by atoms with Gasteiger partial charge in [-0.05, 0) is 30.7 Å². The van der Waals surface area contributed by atoms with E-state index >= 15 is 0 Å². The van der Waals surface area contributed by atoms with E-state index < -0.39 is 5.92 Å². The molecule has 22 heavy (non-hydrogen) atoms. The molecule has 1 heterocycles. The number of amides is 2. The number of anilines is 2. The lowest BCUT2D eigenvalue weighted by atomic mass is 9.89. The second-order valence-electron chi connectivity index (χ2n) is 5.31. The Bertz CT molecular complexity index is 697. The molecule has 1 aliphatic rings. The molecule has 1 aliphatic heterocycles. The van der Waals surface area contributed by atoms with Crippen LogP contribution in [0.2, 0.25) is 0 Å². The molecule has 1 atom stereocenters. The molecule has 1 N–H and O–H groups in total. The lowest BCUT2D eigenvalue weighted by Crippen LogP contribution is -2.38. The Kier molecular flexibility index (Phi) is 3.92. The van der Waals surface area contributed by atoms with Gasteiger partial charge in [0.05, 0.1) is 5.92 Å². The minimum Gasteiger partial charge on any atom is -0.326 e. The van der Waals surface area contributed by atoms with E-state index in [9.17, 15) is 9.59 Å². The molecule has 0 aliphatic carbocycles. The van der Waals surface area contributed by atoms with Crippen molar-refractivity contribution in [3.05, 3.63) is 60.2 Å². The Balaban J connectivity index is 1.96. The molecule has 0 saturated carbocycles. The van der Waals surface area contributed by atoms with Crippen LogP contribution in [0.3, 0.4) is 0 Å². The number of carbonyl (C=O) groups excluding carboxylic acids is 2. The van der Waals surface area contributed by atoms with Crippen LogP contribution in [0.25, 0.3) is 0 Å². The van der Waals surface area contributed by atoms with E-state index in [-0.39, 0.29) is 18.2 Å². The van der Waals surface area contributed by atoms with Crippen molar-refractivity contribution in [2.75, 3.05) is 16.8 Å². The fourth-order valence-corrected chi connectivity index (χ4v) is 2.89. The van der Waals surface area contributed by atoms with E-state index in [1.54, 1.807) is 4.90 Å². The third kappa shape index (κ3) is 2.60. The van der Waals surface area contributed by atoms with Crippen LogP contribution in [-0.4, -0.2) is 18.4 Å². The first-order valence-corrected chi connectivity index (χ1v) is 7.46. The molecule has 3 rings (SSSR count). The SMILES string of the molecule is CCN(C(=O)C1CC(=O)Nc2ccccc21)c1ccccc1. The number of hydrogen-bond acceptors (Lipinski definition) is 2. The van der Waals surface area contributed by atoms with Crippen LogP contribution in [0.4, 0.5) is 11.4 Å². The van der Waals surface area contributed by atoms with E-state index in [4.69, 9.17) is 0 Å². The molecule has 2 aromatic carbocycles. The summed E-state index contributed by atoms with van der Waals surface area (Å²) >= 11 is 0. The zero-order valence-corrected chi connectivity index (χ0v) is 12.5. The monoisotopic (exact) mass is 294 g/mol. The molecule has 2 aromatic rings. The van der Waals surface area contributed by atoms with Crippen molar-refractivity contribution in [3.8, 4) is 0 Å². The van der Waals surface area contributed by atoms with Crippen molar-refractivity contribution in [3.63, 3.8) is 0 Å². The molecule has 0 spiro atoms. The molecule has 0 aromatic heterocycles. The van der Waals surface area contributed by atoms with Crippen LogP contribution in [0.5, 0.6) is 0 Å². The minimum absolute atomic E-state index is 0.0315. The van der Waals surface area contributed by atoms with Crippen LogP contribution in [0, 0.1) is 0 Å². The number of para-hydroxylation sites is 2. The van der Waals surface area contributed by atoms with E-state index in [2.05, 4.69) is 5.32 Å². The topological polar surface area (TPSA) is 49.4 Å². The molecule has 0 saturated heterocycles. The standard InChI is InChI=1S/C18H18N2O2/c1-2-20(13-8-4-3-5-9-13)18(22)15-12-17(21)19-16-11-7-6-10-14(15)16/h3-11,15H,2,12H2,1H3,(H,19,21). The van der Waals surface area contributed by atoms with Gasteiger partial charge < -0.3 is 10.2 Å². The first-order chi connectivity index (χ1) is 10.7. The second-order valence-corrected chi connectivity index (χ2v) is 5.31. The summed E-state index contributed by atoms with van der Waals surface area (Å²) in [6.07, 6.45) is 0.194. The molecular weight excluding hydrogens is 276 g/mol. The Morgan fingerprint density at radius 1 is 1.14 bits per heavy atom. The summed E-state index contributed by atoms with van der Waals surface area (Å²) in [5, 5.41) is 2.83. The van der Waals surface area contributed by atoms with Crippen molar-refractivity contribution in [2.45, 2.75) is 19.3 Å². The Labute approximate surface area is 129 Å². The van der Waals surface area contributed by atoms with Crippen LogP contribution < -0.4 is 10.2 Å². The van der Waals surface area contributed by atoms with Crippen molar-refractivity contribution in [2.24, 2.45) is 0 Å². The van der Waals surface area contributed by atoms with Crippen molar-refractivity contribution < 1.29 is 9.59 Å². The zero-order valence-electron chi connectivity index (χ0n) is 12.5. The summed E-state index contributed by atoms with van der Waals surface area (Å²) in [7, 11) is 0. The maximum absolute atomic E-state index is 13.0. The van der Waals surface area contributed by atoms with Gasteiger partial charge in [-0.15, -0.1) is 0 Å². The molecule has 4 heteroatoms. The Hall–Kier alpha value is -2.62. The average molecular weight is 294 g/mol. The summed E-state index contributed by atoms with van der Waals surface area (Å²) in [6, 6.07) is 17.1. The Morgan fingerprint density at radius 3 is 2.55 bits per heavy atom. The predicted molar refractivity (Wildman–Crippen MR) is 86.9 cm³/mol. The lowest BCUT2D eigenvalue weighted by Gasteiger charge is -2.30. The average Bonchev–Trinajstić information content (AvgIpc) is 2.55. The van der Waals surface area contributed by atoms with Gasteiger partial charge >= 0.3 is 0 Å². The molecule has 0 bridgehead atoms. The van der Waals surface area contributed by atoms with Crippen LogP contribution in [0.1, 0.15) is 24.8 Å². The summed E-state index contributed by atoms with van der Waals surface area (Å²) < 4.78 is 0. The van der Waals surface area contributed by atoms with E-state index in [1.807, 2.05) is 61.5 Å². The second kappa shape index (κ2) is 6.02. The number of rotatable bonds is 3. The molecular formula is C18H18N2O2. The smallest absolute Gasteiger partial charge is 0.235 e. The fraction of sp³-hybridized carbons (Fsp3) is 0.222. The van der Waals surface area contributed by atoms with Crippen LogP contribution in [-0.2, 0) is 9.59 Å². The number of carbonyl (C=O) groups is 2. The van der Waals surface area contributed by atoms with Gasteiger partial charge in [-0.25, -0.2) is 0 Å². The van der Waals surface area contributed by atoms with Gasteiger partial charge in [0.1, 0.15) is 0 Å². The molecule has 4 nitrogen and oxygen atoms in total. The van der Waals surface area contributed by atoms with Gasteiger partial charge in [-0.1, -0.05) is 36.4 Å². The van der Waals surface area contributed by atoms with E-state index in [1.165, 1.54) is 0 Å². The third-order valence-corrected chi connectivity index (χ3v) is 3.95. The first kappa shape index (κ1) is 14.3. The van der Waals surface area contributed by atoms with Gasteiger partial charge in [0.25, 0.3) is 0 Å². The number of fused-ring (bicyclic) bond motifs is 1. The minimum atomic E-state index is -0.426. The predicted octanol–water partition coefficient (Wildman–Crippen LogP) is 3.17. The van der Waals surface area contributed by atoms with Crippen molar-refractivity contribution in [1.29, 1.82) is 0 Å². The highest BCUT2D eigenvalue weighted by atomic mass is 16.2. The first-order valence-electron chi connectivity index (χ1n) is 7.46. The summed E-state index contributed by atoms with van der Waals surface area (Å²) in [5.74, 6) is -0.567. The molecule has 0 radical (unpaired) electrons. The highest BCUT2D eigenvalue weighted by molar-refractivity contribution is 6.06. The van der Waals surface area contributed by atoms with Gasteiger partial charge in [0, 0.05) is 24.3 Å². The summed E-state index contributed by atoms with van der Waals surface area (Å²) in [6.45, 7) is 2.52. The van der Waals surface area contributed by atoms with Gasteiger partial charge in [-0.3, -0.25) is 9.59 Å². The normalized spacial score (nSPS) is 16.6. The molecule has 0 fully saturated rings. The quantitative estimate of drug-likeness (QED) is 0.945. The highest BCUT2D eigenvalue weighted by Crippen LogP contribution is 2.34. The number of hydrogen-bond donors (Lipinski definition) is 1. The number of benzene rings is 2. The fourth-order valence-electron chi connectivity index (χ4n) is 2.89. The van der Waals surface area contributed by atoms with Crippen molar-refractivity contribution in [1.82, 2.24) is 0 Å². The lowest BCUT2D eigenvalue weighted by molar-refractivity contribution is -0.124. The maximum atomic E-state index is 13.0. The van der Waals surface area contributed by atoms with E-state index in [0.717, 1.165) is 16.9 Å². The van der Waals surface area contributed by atoms with Gasteiger partial charge in [0.2, 0.25) is 11.8 Å². The summed E-state index contributed by atoms with van der Waals surface area (Å²) in [4.78, 5) is 26.6. The maximum Gasteiger partial charge on any atom is 0.235 e. The largest absolute Gasteiger partial charge is 0.326 e. The van der Waals surface area contributed by atoms with Gasteiger partial charge in [0.15, 0.2) is 0 Å². The number of nitrogens with one attached hydrogen (secondary N) is 1. The third-order valence-electron chi connectivity index (χ3n) is 3.95. The van der Waals surface area contributed by atoms with Crippen LogP contribution >= 0.6 is 0 Å². The number of likely N-dealkylation sites (N-methyl/N-ethyl adjacent to an activating group) is 1. The summed E-state index contributed by atoms with van der Waals surface area (Å²) in [5.41, 5.74) is 2.49. The molecule has 2 amide bonds. The Morgan fingerprint density at radius 2 is 1.82 bits per heavy atom. The number of nitrogens with zero attached hydrogens (tertiary/aromatic N) is 1. The van der Waals surface area contributed by atoms with E-state index in [0.29, 0.717) is 6.54 Å². The van der Waals surface area contributed by atoms with Crippen molar-refractivity contribution >= 4 is 23.2 Å². The van der Waals surface area contributed by atoms with Crippen LogP contribution in [0.15, 0.2) is 54.6 Å². The molecule has 1 unspecified atom stereocenters. The van der Waals surface area contributed by atoms with Gasteiger partial charge in [-0.2, -0.15) is 0 Å². The molecule has 112 valence electrons. The zero-order chi connectivity index (χ0) is 15.5. The highest BCUT2D eigenvalue weighted by Gasteiger charge is 2.33.